The largest absolute Gasteiger partial charge is 0.507 e. The Kier molecular flexibility index (Phi) is 5.23. The van der Waals surface area contributed by atoms with Crippen molar-refractivity contribution in [1.82, 2.24) is 15.1 Å². The summed E-state index contributed by atoms with van der Waals surface area (Å²) in [6, 6.07) is 7.48. The van der Waals surface area contributed by atoms with Gasteiger partial charge in [-0.1, -0.05) is 23.7 Å². The van der Waals surface area contributed by atoms with Gasteiger partial charge < -0.3 is 20.4 Å². The average molecular weight is 336 g/mol. The summed E-state index contributed by atoms with van der Waals surface area (Å²) in [6.07, 6.45) is 2.73. The van der Waals surface area contributed by atoms with Crippen LogP contribution in [-0.2, 0) is 6.54 Å². The van der Waals surface area contributed by atoms with Crippen LogP contribution in [0.15, 0.2) is 47.9 Å². The normalized spacial score (nSPS) is 22.7. The Labute approximate surface area is 141 Å². The number of piperazine rings is 1. The van der Waals surface area contributed by atoms with Crippen LogP contribution in [0.2, 0.25) is 5.02 Å². The summed E-state index contributed by atoms with van der Waals surface area (Å²) >= 11 is 5.88. The van der Waals surface area contributed by atoms with E-state index in [0.717, 1.165) is 37.3 Å². The zero-order valence-corrected chi connectivity index (χ0v) is 13.7. The first-order valence-corrected chi connectivity index (χ1v) is 8.23. The first-order valence-electron chi connectivity index (χ1n) is 7.85. The Morgan fingerprint density at radius 2 is 1.83 bits per heavy atom. The minimum atomic E-state index is -1.01. The van der Waals surface area contributed by atoms with Gasteiger partial charge in [0.05, 0.1) is 0 Å². The van der Waals surface area contributed by atoms with E-state index >= 15 is 0 Å². The predicted octanol–water partition coefficient (Wildman–Crippen LogP) is 1.70. The Bertz CT molecular complexity index is 594. The molecule has 0 spiro atoms. The molecule has 0 aromatic heterocycles. The average Bonchev–Trinajstić information content (AvgIpc) is 2.57. The van der Waals surface area contributed by atoms with Crippen molar-refractivity contribution in [3.63, 3.8) is 0 Å². The monoisotopic (exact) mass is 335 g/mol. The lowest BCUT2D eigenvalue weighted by Gasteiger charge is -2.33. The highest BCUT2D eigenvalue weighted by atomic mass is 35.5. The Morgan fingerprint density at radius 3 is 2.52 bits per heavy atom. The lowest BCUT2D eigenvalue weighted by Crippen LogP contribution is -2.45. The second kappa shape index (κ2) is 7.36. The molecule has 124 valence electrons. The zero-order valence-electron chi connectivity index (χ0n) is 13.0. The van der Waals surface area contributed by atoms with Crippen molar-refractivity contribution in [1.29, 1.82) is 0 Å². The van der Waals surface area contributed by atoms with Crippen molar-refractivity contribution < 1.29 is 10.2 Å². The fraction of sp³-hybridized carbons (Fsp3) is 0.412. The highest BCUT2D eigenvalue weighted by molar-refractivity contribution is 6.30. The van der Waals surface area contributed by atoms with E-state index in [1.807, 2.05) is 36.5 Å². The number of aliphatic hydroxyl groups is 2. The number of nitrogens with one attached hydrogen (secondary N) is 1. The molecule has 0 bridgehead atoms. The van der Waals surface area contributed by atoms with Gasteiger partial charge in [0, 0.05) is 56.1 Å². The van der Waals surface area contributed by atoms with Crippen molar-refractivity contribution in [2.24, 2.45) is 0 Å². The van der Waals surface area contributed by atoms with Gasteiger partial charge in [-0.25, -0.2) is 0 Å². The maximum absolute atomic E-state index is 10.4. The van der Waals surface area contributed by atoms with Gasteiger partial charge >= 0.3 is 0 Å². The molecule has 0 radical (unpaired) electrons. The van der Waals surface area contributed by atoms with Gasteiger partial charge in [-0.05, 0) is 23.8 Å². The van der Waals surface area contributed by atoms with Crippen LogP contribution in [0.25, 0.3) is 0 Å². The van der Waals surface area contributed by atoms with Gasteiger partial charge in [-0.3, -0.25) is 4.90 Å². The van der Waals surface area contributed by atoms with Crippen LogP contribution in [-0.4, -0.2) is 59.0 Å². The van der Waals surface area contributed by atoms with Crippen molar-refractivity contribution in [2.75, 3.05) is 32.7 Å². The lowest BCUT2D eigenvalue weighted by molar-refractivity contribution is 0.0240. The SMILES string of the molecule is OC1=C(CN2CCNCC2)C=CN(Cc2ccc(Cl)cc2)C1O. The minimum absolute atomic E-state index is 0.0417. The number of hydrogen-bond donors (Lipinski definition) is 3. The van der Waals surface area contributed by atoms with E-state index in [0.29, 0.717) is 18.1 Å². The van der Waals surface area contributed by atoms with Gasteiger partial charge in [0.2, 0.25) is 0 Å². The summed E-state index contributed by atoms with van der Waals surface area (Å²) < 4.78 is 0. The fourth-order valence-corrected chi connectivity index (χ4v) is 2.99. The third kappa shape index (κ3) is 4.06. The molecule has 0 saturated carbocycles. The van der Waals surface area contributed by atoms with Crippen LogP contribution in [0.3, 0.4) is 0 Å². The molecular weight excluding hydrogens is 314 g/mol. The number of hydrogen-bond acceptors (Lipinski definition) is 5. The quantitative estimate of drug-likeness (QED) is 0.782. The Balaban J connectivity index is 1.64. The van der Waals surface area contributed by atoms with E-state index in [1.165, 1.54) is 0 Å². The van der Waals surface area contributed by atoms with Crippen LogP contribution >= 0.6 is 11.6 Å². The first-order chi connectivity index (χ1) is 11.1. The third-order valence-electron chi connectivity index (χ3n) is 4.24. The lowest BCUT2D eigenvalue weighted by atomic mass is 10.1. The first kappa shape index (κ1) is 16.3. The minimum Gasteiger partial charge on any atom is -0.507 e. The molecule has 0 amide bonds. The van der Waals surface area contributed by atoms with E-state index in [4.69, 9.17) is 11.6 Å². The zero-order chi connectivity index (χ0) is 16.2. The smallest absolute Gasteiger partial charge is 0.185 e. The van der Waals surface area contributed by atoms with Crippen molar-refractivity contribution in [2.45, 2.75) is 12.8 Å². The molecule has 2 aliphatic rings. The molecule has 2 aliphatic heterocycles. The third-order valence-corrected chi connectivity index (χ3v) is 4.49. The fourth-order valence-electron chi connectivity index (χ4n) is 2.86. The number of aliphatic hydroxyl groups excluding tert-OH is 2. The van der Waals surface area contributed by atoms with Crippen LogP contribution in [0.4, 0.5) is 0 Å². The standard InChI is InChI=1S/C17H22ClN3O2/c18-15-3-1-13(2-4-15)11-21-8-5-14(16(22)17(21)23)12-20-9-6-19-7-10-20/h1-5,8,17,19,22-23H,6-7,9-12H2. The van der Waals surface area contributed by atoms with Gasteiger partial charge in [0.15, 0.2) is 6.23 Å². The second-order valence-electron chi connectivity index (χ2n) is 5.92. The topological polar surface area (TPSA) is 59.0 Å². The van der Waals surface area contributed by atoms with Crippen LogP contribution in [0.1, 0.15) is 5.56 Å². The molecule has 2 heterocycles. The van der Waals surface area contributed by atoms with Gasteiger partial charge in [0.25, 0.3) is 0 Å². The number of nitrogens with zero attached hydrogens (tertiary/aromatic N) is 2. The molecule has 1 aromatic carbocycles. The highest BCUT2D eigenvalue weighted by Gasteiger charge is 2.25. The number of halogens is 1. The van der Waals surface area contributed by atoms with Gasteiger partial charge in [-0.15, -0.1) is 0 Å². The summed E-state index contributed by atoms with van der Waals surface area (Å²) in [7, 11) is 0. The summed E-state index contributed by atoms with van der Waals surface area (Å²) in [5, 5.41) is 24.7. The van der Waals surface area contributed by atoms with Crippen molar-refractivity contribution in [3.8, 4) is 0 Å². The predicted molar refractivity (Wildman–Crippen MR) is 91.1 cm³/mol. The van der Waals surface area contributed by atoms with Gasteiger partial charge in [0.1, 0.15) is 5.76 Å². The van der Waals surface area contributed by atoms with E-state index in [9.17, 15) is 10.2 Å². The van der Waals surface area contributed by atoms with Crippen LogP contribution in [0, 0.1) is 0 Å². The van der Waals surface area contributed by atoms with E-state index in [2.05, 4.69) is 10.2 Å². The maximum Gasteiger partial charge on any atom is 0.185 e. The summed E-state index contributed by atoms with van der Waals surface area (Å²) in [5.41, 5.74) is 1.81. The van der Waals surface area contributed by atoms with E-state index < -0.39 is 6.23 Å². The Hall–Kier alpha value is -1.53. The highest BCUT2D eigenvalue weighted by Crippen LogP contribution is 2.22. The van der Waals surface area contributed by atoms with Crippen LogP contribution < -0.4 is 5.32 Å². The van der Waals surface area contributed by atoms with Crippen molar-refractivity contribution >= 4 is 11.6 Å². The molecular formula is C17H22ClN3O2. The molecule has 1 aromatic rings. The molecule has 1 saturated heterocycles. The summed E-state index contributed by atoms with van der Waals surface area (Å²) in [5.74, 6) is 0.0417. The van der Waals surface area contributed by atoms with Crippen LogP contribution in [0.5, 0.6) is 0 Å². The molecule has 23 heavy (non-hydrogen) atoms. The van der Waals surface area contributed by atoms with E-state index in [-0.39, 0.29) is 5.76 Å². The van der Waals surface area contributed by atoms with E-state index in [1.54, 1.807) is 4.90 Å². The number of rotatable bonds is 4. The molecule has 0 aliphatic carbocycles. The molecule has 5 nitrogen and oxygen atoms in total. The maximum atomic E-state index is 10.4. The second-order valence-corrected chi connectivity index (χ2v) is 6.36. The summed E-state index contributed by atoms with van der Waals surface area (Å²) in [6.45, 7) is 5.01. The van der Waals surface area contributed by atoms with Crippen molar-refractivity contribution in [3.05, 3.63) is 58.5 Å². The molecule has 1 atom stereocenters. The molecule has 1 fully saturated rings. The summed E-state index contributed by atoms with van der Waals surface area (Å²) in [4.78, 5) is 3.98. The molecule has 6 heteroatoms. The van der Waals surface area contributed by atoms with Gasteiger partial charge in [-0.2, -0.15) is 0 Å². The molecule has 3 N–H and O–H groups in total. The molecule has 3 rings (SSSR count). The Morgan fingerprint density at radius 1 is 1.13 bits per heavy atom. The molecule has 1 unspecified atom stereocenters. The number of benzene rings is 1.